The van der Waals surface area contributed by atoms with Crippen LogP contribution in [-0.4, -0.2) is 27.9 Å². The number of nitriles is 1. The topological polar surface area (TPSA) is 104 Å². The first kappa shape index (κ1) is 21.9. The van der Waals surface area contributed by atoms with Crippen molar-refractivity contribution in [1.82, 2.24) is 15.0 Å². The molecule has 0 aliphatic carbocycles. The van der Waals surface area contributed by atoms with Crippen LogP contribution in [0.5, 0.6) is 0 Å². The summed E-state index contributed by atoms with van der Waals surface area (Å²) in [5, 5.41) is 16.2. The molecular formula is C26H24N6O. The zero-order chi connectivity index (χ0) is 23.6. The monoisotopic (exact) mass is 436 g/mol. The van der Waals surface area contributed by atoms with Crippen LogP contribution in [0.3, 0.4) is 0 Å². The largest absolute Gasteiger partial charge is 0.373 e. The summed E-state index contributed by atoms with van der Waals surface area (Å²) < 4.78 is 0. The lowest BCUT2D eigenvalue weighted by Crippen LogP contribution is -2.17. The predicted molar refractivity (Wildman–Crippen MR) is 130 cm³/mol. The van der Waals surface area contributed by atoms with Crippen LogP contribution >= 0.6 is 0 Å². The number of carbonyl (C=O) groups is 1. The van der Waals surface area contributed by atoms with E-state index >= 15 is 0 Å². The molecule has 3 heterocycles. The van der Waals surface area contributed by atoms with Crippen molar-refractivity contribution >= 4 is 28.3 Å². The van der Waals surface area contributed by atoms with Crippen molar-refractivity contribution in [3.05, 3.63) is 77.9 Å². The molecule has 4 aromatic rings. The Hall–Kier alpha value is -4.31. The summed E-state index contributed by atoms with van der Waals surface area (Å²) in [7, 11) is 1.82. The third-order valence-electron chi connectivity index (χ3n) is 5.60. The minimum atomic E-state index is -0.680. The lowest BCUT2D eigenvalue weighted by atomic mass is 9.85. The molecule has 164 valence electrons. The van der Waals surface area contributed by atoms with Crippen LogP contribution in [0.15, 0.2) is 61.1 Å². The summed E-state index contributed by atoms with van der Waals surface area (Å²) in [6.45, 7) is 5.57. The average Bonchev–Trinajstić information content (AvgIpc) is 2.84. The number of nitrogens with one attached hydrogen (secondary N) is 2. The van der Waals surface area contributed by atoms with E-state index in [0.29, 0.717) is 11.3 Å². The maximum absolute atomic E-state index is 12.9. The van der Waals surface area contributed by atoms with Crippen LogP contribution in [-0.2, 0) is 5.41 Å². The number of hydrogen-bond donors (Lipinski definition) is 2. The Kier molecular flexibility index (Phi) is 5.76. The smallest absolute Gasteiger partial charge is 0.255 e. The number of pyridine rings is 3. The molecular weight excluding hydrogens is 412 g/mol. The fraction of sp³-hybridized carbons (Fsp3) is 0.192. The lowest BCUT2D eigenvalue weighted by Gasteiger charge is -2.16. The van der Waals surface area contributed by atoms with Crippen LogP contribution in [0.25, 0.3) is 22.0 Å². The van der Waals surface area contributed by atoms with Crippen LogP contribution < -0.4 is 10.6 Å². The van der Waals surface area contributed by atoms with E-state index in [4.69, 9.17) is 0 Å². The molecule has 0 spiro atoms. The summed E-state index contributed by atoms with van der Waals surface area (Å²) in [5.74, 6) is 0.496. The first-order valence-corrected chi connectivity index (χ1v) is 10.5. The molecule has 7 heteroatoms. The highest BCUT2D eigenvalue weighted by molar-refractivity contribution is 6.04. The maximum Gasteiger partial charge on any atom is 0.255 e. The highest BCUT2D eigenvalue weighted by Gasteiger charge is 2.21. The highest BCUT2D eigenvalue weighted by Crippen LogP contribution is 2.28. The summed E-state index contributed by atoms with van der Waals surface area (Å²) in [4.78, 5) is 26.3. The molecule has 0 saturated heterocycles. The van der Waals surface area contributed by atoms with E-state index < -0.39 is 5.41 Å². The molecule has 0 saturated carbocycles. The lowest BCUT2D eigenvalue weighted by molar-refractivity contribution is 0.102. The predicted octanol–water partition coefficient (Wildman–Crippen LogP) is 5.10. The Morgan fingerprint density at radius 3 is 2.61 bits per heavy atom. The van der Waals surface area contributed by atoms with Crippen LogP contribution in [0, 0.1) is 18.3 Å². The van der Waals surface area contributed by atoms with E-state index in [-0.39, 0.29) is 5.91 Å². The Balaban J connectivity index is 1.63. The first-order chi connectivity index (χ1) is 15.8. The molecule has 1 aromatic carbocycles. The Bertz CT molecular complexity index is 1400. The fourth-order valence-electron chi connectivity index (χ4n) is 3.52. The van der Waals surface area contributed by atoms with Gasteiger partial charge in [-0.05, 0) is 50.6 Å². The Morgan fingerprint density at radius 2 is 1.85 bits per heavy atom. The number of benzene rings is 1. The number of anilines is 2. The molecule has 3 aromatic heterocycles. The minimum Gasteiger partial charge on any atom is -0.373 e. The van der Waals surface area contributed by atoms with Gasteiger partial charge >= 0.3 is 0 Å². The molecule has 0 bridgehead atoms. The molecule has 7 nitrogen and oxygen atoms in total. The second-order valence-electron chi connectivity index (χ2n) is 8.36. The molecule has 4 rings (SSSR count). The van der Waals surface area contributed by atoms with Gasteiger partial charge in [-0.3, -0.25) is 14.8 Å². The Labute approximate surface area is 192 Å². The Morgan fingerprint density at radius 1 is 1.03 bits per heavy atom. The summed E-state index contributed by atoms with van der Waals surface area (Å²) in [6, 6.07) is 15.2. The summed E-state index contributed by atoms with van der Waals surface area (Å²) in [6.07, 6.45) is 5.21. The van der Waals surface area contributed by atoms with Crippen molar-refractivity contribution in [1.29, 1.82) is 5.26 Å². The molecule has 0 fully saturated rings. The van der Waals surface area contributed by atoms with Gasteiger partial charge in [0.2, 0.25) is 0 Å². The van der Waals surface area contributed by atoms with Crippen LogP contribution in [0.1, 0.15) is 35.5 Å². The molecule has 0 unspecified atom stereocenters. The summed E-state index contributed by atoms with van der Waals surface area (Å²) in [5.41, 5.74) is 4.60. The number of carbonyl (C=O) groups excluding carboxylic acids is 1. The number of aromatic nitrogens is 3. The number of hydrogen-bond acceptors (Lipinski definition) is 6. The van der Waals surface area contributed by atoms with Crippen LogP contribution in [0.4, 0.5) is 11.5 Å². The fourth-order valence-corrected chi connectivity index (χ4v) is 3.52. The standard InChI is InChI=1S/C26H24N6O/c1-16-22(18-8-19-13-31-24(28-4)11-23(19)30-12-18)10-21(14-29-16)32-25(33)17-6-5-7-20(9-17)26(2,3)15-27/h5-14H,1-4H3,(H,28,31)(H,32,33). The van der Waals surface area contributed by atoms with Crippen molar-refractivity contribution in [3.8, 4) is 17.2 Å². The molecule has 0 atom stereocenters. The second-order valence-corrected chi connectivity index (χ2v) is 8.36. The van der Waals surface area contributed by atoms with E-state index in [9.17, 15) is 10.1 Å². The van der Waals surface area contributed by atoms with Gasteiger partial charge in [0, 0.05) is 53.3 Å². The van der Waals surface area contributed by atoms with Gasteiger partial charge in [0.1, 0.15) is 5.82 Å². The summed E-state index contributed by atoms with van der Waals surface area (Å²) >= 11 is 0. The normalized spacial score (nSPS) is 11.1. The van der Waals surface area contributed by atoms with Crippen molar-refractivity contribution < 1.29 is 4.79 Å². The zero-order valence-electron chi connectivity index (χ0n) is 19.0. The molecule has 0 aliphatic rings. The second kappa shape index (κ2) is 8.67. The third-order valence-corrected chi connectivity index (χ3v) is 5.60. The average molecular weight is 437 g/mol. The van der Waals surface area contributed by atoms with Crippen molar-refractivity contribution in [2.75, 3.05) is 17.7 Å². The molecule has 0 aliphatic heterocycles. The number of amides is 1. The quantitative estimate of drug-likeness (QED) is 0.451. The number of aryl methyl sites for hydroxylation is 1. The molecule has 1 amide bonds. The van der Waals surface area contributed by atoms with Gasteiger partial charge in [-0.15, -0.1) is 0 Å². The van der Waals surface area contributed by atoms with Gasteiger partial charge in [0.25, 0.3) is 5.91 Å². The SMILES string of the molecule is CNc1cc2ncc(-c3cc(NC(=O)c4cccc(C(C)(C)C#N)c4)cnc3C)cc2cn1. The van der Waals surface area contributed by atoms with E-state index in [0.717, 1.165) is 39.1 Å². The van der Waals surface area contributed by atoms with Crippen LogP contribution in [0.2, 0.25) is 0 Å². The molecule has 0 radical (unpaired) electrons. The van der Waals surface area contributed by atoms with E-state index in [2.05, 4.69) is 31.7 Å². The molecule has 2 N–H and O–H groups in total. The van der Waals surface area contributed by atoms with E-state index in [1.807, 2.05) is 52.1 Å². The third kappa shape index (κ3) is 4.51. The van der Waals surface area contributed by atoms with Gasteiger partial charge in [0.15, 0.2) is 0 Å². The first-order valence-electron chi connectivity index (χ1n) is 10.5. The van der Waals surface area contributed by atoms with Crippen molar-refractivity contribution in [2.24, 2.45) is 0 Å². The minimum absolute atomic E-state index is 0.261. The van der Waals surface area contributed by atoms with Crippen molar-refractivity contribution in [3.63, 3.8) is 0 Å². The van der Waals surface area contributed by atoms with E-state index in [1.165, 1.54) is 0 Å². The van der Waals surface area contributed by atoms with Gasteiger partial charge in [-0.25, -0.2) is 4.98 Å². The van der Waals surface area contributed by atoms with Gasteiger partial charge in [0.05, 0.1) is 28.9 Å². The highest BCUT2D eigenvalue weighted by atomic mass is 16.1. The number of rotatable bonds is 5. The van der Waals surface area contributed by atoms with Crippen molar-refractivity contribution in [2.45, 2.75) is 26.2 Å². The molecule has 33 heavy (non-hydrogen) atoms. The van der Waals surface area contributed by atoms with Gasteiger partial charge in [-0.2, -0.15) is 5.26 Å². The zero-order valence-corrected chi connectivity index (χ0v) is 19.0. The number of nitrogens with zero attached hydrogens (tertiary/aromatic N) is 4. The number of fused-ring (bicyclic) bond motifs is 1. The van der Waals surface area contributed by atoms with E-state index in [1.54, 1.807) is 36.8 Å². The van der Waals surface area contributed by atoms with Gasteiger partial charge in [-0.1, -0.05) is 12.1 Å². The maximum atomic E-state index is 12.9. The van der Waals surface area contributed by atoms with Gasteiger partial charge < -0.3 is 10.6 Å².